The van der Waals surface area contributed by atoms with Gasteiger partial charge in [-0.3, -0.25) is 4.79 Å². The number of likely N-dealkylation sites (N-methyl/N-ethyl adjacent to an activating group) is 1. The van der Waals surface area contributed by atoms with Gasteiger partial charge in [0.25, 0.3) is 0 Å². The molecule has 6 heteroatoms. The van der Waals surface area contributed by atoms with Gasteiger partial charge >= 0.3 is 12.0 Å². The summed E-state index contributed by atoms with van der Waals surface area (Å²) in [4.78, 5) is 27.6. The van der Waals surface area contributed by atoms with Crippen molar-refractivity contribution in [2.75, 3.05) is 33.4 Å². The van der Waals surface area contributed by atoms with Crippen molar-refractivity contribution in [2.45, 2.75) is 46.1 Å². The van der Waals surface area contributed by atoms with Crippen molar-refractivity contribution < 1.29 is 19.4 Å². The van der Waals surface area contributed by atoms with Crippen molar-refractivity contribution in [3.8, 4) is 0 Å². The molecule has 0 spiro atoms. The number of ether oxygens (including phenoxy) is 1. The highest BCUT2D eigenvalue weighted by molar-refractivity contribution is 5.77. The van der Waals surface area contributed by atoms with Gasteiger partial charge in [0, 0.05) is 26.7 Å². The van der Waals surface area contributed by atoms with Crippen LogP contribution in [0.4, 0.5) is 4.79 Å². The second-order valence-electron chi connectivity index (χ2n) is 5.80. The van der Waals surface area contributed by atoms with Crippen LogP contribution in [0.3, 0.4) is 0 Å². The van der Waals surface area contributed by atoms with E-state index in [0.29, 0.717) is 45.5 Å². The van der Waals surface area contributed by atoms with E-state index < -0.39 is 11.4 Å². The number of piperidine rings is 1. The van der Waals surface area contributed by atoms with Crippen molar-refractivity contribution in [2.24, 2.45) is 5.41 Å². The number of hydrogen-bond acceptors (Lipinski definition) is 3. The highest BCUT2D eigenvalue weighted by Gasteiger charge is 2.41. The molecule has 1 saturated heterocycles. The fraction of sp³-hybridized carbons (Fsp3) is 0.867. The Hall–Kier alpha value is -1.30. The minimum Gasteiger partial charge on any atom is -0.481 e. The summed E-state index contributed by atoms with van der Waals surface area (Å²) in [7, 11) is 1.62. The van der Waals surface area contributed by atoms with E-state index in [9.17, 15) is 14.7 Å². The van der Waals surface area contributed by atoms with E-state index in [1.807, 2.05) is 20.8 Å². The number of urea groups is 1. The zero-order chi connectivity index (χ0) is 16.0. The lowest BCUT2D eigenvalue weighted by Gasteiger charge is -2.41. The number of carbonyl (C=O) groups excluding carboxylic acids is 1. The summed E-state index contributed by atoms with van der Waals surface area (Å²) in [6.45, 7) is 7.96. The summed E-state index contributed by atoms with van der Waals surface area (Å²) in [5.74, 6) is -0.739. The standard InChI is InChI=1S/C15H28N2O4/c1-5-15(13(18)19)7-9-16(10-8-15)14(20)17(6-2)12(3)11-21-4/h12H,5-11H2,1-4H3,(H,18,19). The summed E-state index contributed by atoms with van der Waals surface area (Å²) in [5, 5.41) is 9.40. The maximum absolute atomic E-state index is 12.6. The molecular weight excluding hydrogens is 272 g/mol. The summed E-state index contributed by atoms with van der Waals surface area (Å²) in [6.07, 6.45) is 1.67. The first-order chi connectivity index (χ1) is 9.91. The first-order valence-corrected chi connectivity index (χ1v) is 7.69. The molecular formula is C15H28N2O4. The summed E-state index contributed by atoms with van der Waals surface area (Å²) < 4.78 is 5.12. The lowest BCUT2D eigenvalue weighted by molar-refractivity contribution is -0.152. The van der Waals surface area contributed by atoms with Crippen LogP contribution in [0, 0.1) is 5.41 Å². The number of hydrogen-bond donors (Lipinski definition) is 1. The second kappa shape index (κ2) is 7.64. The fourth-order valence-electron chi connectivity index (χ4n) is 2.99. The third-order valence-electron chi connectivity index (χ3n) is 4.65. The Balaban J connectivity index is 2.68. The minimum absolute atomic E-state index is 0.0165. The molecule has 2 amide bonds. The number of amides is 2. The minimum atomic E-state index is -0.739. The molecule has 1 aliphatic rings. The van der Waals surface area contributed by atoms with Crippen LogP contribution in [0.15, 0.2) is 0 Å². The normalized spacial score (nSPS) is 19.1. The van der Waals surface area contributed by atoms with E-state index in [1.165, 1.54) is 0 Å². The number of rotatable bonds is 6. The molecule has 122 valence electrons. The molecule has 1 rings (SSSR count). The SMILES string of the molecule is CCN(C(=O)N1CCC(CC)(C(=O)O)CC1)C(C)COC. The molecule has 0 bridgehead atoms. The zero-order valence-corrected chi connectivity index (χ0v) is 13.6. The number of carboxylic acids is 1. The molecule has 0 radical (unpaired) electrons. The third kappa shape index (κ3) is 3.87. The van der Waals surface area contributed by atoms with E-state index in [0.717, 1.165) is 0 Å². The lowest BCUT2D eigenvalue weighted by atomic mass is 9.76. The molecule has 1 aliphatic heterocycles. The molecule has 0 aliphatic carbocycles. The van der Waals surface area contributed by atoms with E-state index in [-0.39, 0.29) is 12.1 Å². The summed E-state index contributed by atoms with van der Waals surface area (Å²) in [6, 6.07) is 0.00183. The lowest BCUT2D eigenvalue weighted by Crippen LogP contribution is -2.53. The van der Waals surface area contributed by atoms with Crippen LogP contribution in [-0.4, -0.2) is 66.3 Å². The molecule has 1 N–H and O–H groups in total. The smallest absolute Gasteiger partial charge is 0.320 e. The number of aliphatic carboxylic acids is 1. The topological polar surface area (TPSA) is 70.1 Å². The van der Waals surface area contributed by atoms with Crippen molar-refractivity contribution in [1.29, 1.82) is 0 Å². The van der Waals surface area contributed by atoms with Crippen LogP contribution >= 0.6 is 0 Å². The van der Waals surface area contributed by atoms with Gasteiger partial charge < -0.3 is 19.6 Å². The van der Waals surface area contributed by atoms with Gasteiger partial charge in [0.2, 0.25) is 0 Å². The van der Waals surface area contributed by atoms with Crippen molar-refractivity contribution in [3.63, 3.8) is 0 Å². The number of likely N-dealkylation sites (tertiary alicyclic amines) is 1. The van der Waals surface area contributed by atoms with Crippen LogP contribution in [0.1, 0.15) is 40.0 Å². The van der Waals surface area contributed by atoms with Crippen LogP contribution < -0.4 is 0 Å². The highest BCUT2D eigenvalue weighted by Crippen LogP contribution is 2.35. The molecule has 0 aromatic heterocycles. The van der Waals surface area contributed by atoms with E-state index in [2.05, 4.69) is 0 Å². The van der Waals surface area contributed by atoms with Crippen LogP contribution in [-0.2, 0) is 9.53 Å². The Bertz CT molecular complexity index is 365. The molecule has 21 heavy (non-hydrogen) atoms. The zero-order valence-electron chi connectivity index (χ0n) is 13.6. The number of nitrogens with zero attached hydrogens (tertiary/aromatic N) is 2. The number of carbonyl (C=O) groups is 2. The summed E-state index contributed by atoms with van der Waals surface area (Å²) in [5.41, 5.74) is -0.661. The predicted molar refractivity (Wildman–Crippen MR) is 80.3 cm³/mol. The van der Waals surface area contributed by atoms with Gasteiger partial charge in [0.15, 0.2) is 0 Å². The average molecular weight is 300 g/mol. The molecule has 0 aromatic rings. The number of carboxylic acid groups (broad SMARTS) is 1. The average Bonchev–Trinajstić information content (AvgIpc) is 2.48. The first kappa shape index (κ1) is 17.8. The first-order valence-electron chi connectivity index (χ1n) is 7.69. The molecule has 1 heterocycles. The maximum Gasteiger partial charge on any atom is 0.320 e. The Kier molecular flexibility index (Phi) is 6.45. The van der Waals surface area contributed by atoms with E-state index in [4.69, 9.17) is 4.74 Å². The van der Waals surface area contributed by atoms with Gasteiger partial charge in [-0.15, -0.1) is 0 Å². The van der Waals surface area contributed by atoms with Crippen molar-refractivity contribution in [1.82, 2.24) is 9.80 Å². The Morgan fingerprint density at radius 2 is 1.90 bits per heavy atom. The Morgan fingerprint density at radius 3 is 2.29 bits per heavy atom. The second-order valence-corrected chi connectivity index (χ2v) is 5.80. The molecule has 1 atom stereocenters. The van der Waals surface area contributed by atoms with Gasteiger partial charge in [-0.2, -0.15) is 0 Å². The monoisotopic (exact) mass is 300 g/mol. The van der Waals surface area contributed by atoms with Crippen LogP contribution in [0.5, 0.6) is 0 Å². The van der Waals surface area contributed by atoms with Gasteiger partial charge in [0.1, 0.15) is 0 Å². The molecule has 0 aromatic carbocycles. The van der Waals surface area contributed by atoms with Crippen molar-refractivity contribution in [3.05, 3.63) is 0 Å². The Labute approximate surface area is 127 Å². The largest absolute Gasteiger partial charge is 0.481 e. The molecule has 1 unspecified atom stereocenters. The third-order valence-corrected chi connectivity index (χ3v) is 4.65. The van der Waals surface area contributed by atoms with Crippen molar-refractivity contribution >= 4 is 12.0 Å². The fourth-order valence-corrected chi connectivity index (χ4v) is 2.99. The van der Waals surface area contributed by atoms with Gasteiger partial charge in [-0.05, 0) is 33.1 Å². The molecule has 1 fully saturated rings. The van der Waals surface area contributed by atoms with Gasteiger partial charge in [-0.25, -0.2) is 4.79 Å². The molecule has 6 nitrogen and oxygen atoms in total. The predicted octanol–water partition coefficient (Wildman–Crippen LogP) is 2.04. The van der Waals surface area contributed by atoms with Gasteiger partial charge in [0.05, 0.1) is 18.1 Å². The maximum atomic E-state index is 12.6. The Morgan fingerprint density at radius 1 is 1.33 bits per heavy atom. The number of methoxy groups -OCH3 is 1. The van der Waals surface area contributed by atoms with Crippen LogP contribution in [0.2, 0.25) is 0 Å². The molecule has 0 saturated carbocycles. The highest BCUT2D eigenvalue weighted by atomic mass is 16.5. The quantitative estimate of drug-likeness (QED) is 0.815. The van der Waals surface area contributed by atoms with E-state index in [1.54, 1.807) is 16.9 Å². The van der Waals surface area contributed by atoms with Crippen LogP contribution in [0.25, 0.3) is 0 Å². The van der Waals surface area contributed by atoms with E-state index >= 15 is 0 Å². The van der Waals surface area contributed by atoms with Gasteiger partial charge in [-0.1, -0.05) is 6.92 Å². The summed E-state index contributed by atoms with van der Waals surface area (Å²) >= 11 is 0.